The van der Waals surface area contributed by atoms with Crippen molar-refractivity contribution in [2.75, 3.05) is 11.9 Å². The summed E-state index contributed by atoms with van der Waals surface area (Å²) in [6, 6.07) is 15.0. The molecule has 0 aromatic heterocycles. The zero-order valence-electron chi connectivity index (χ0n) is 20.8. The minimum Gasteiger partial charge on any atom is -0.502 e. The molecule has 3 N–H and O–H groups in total. The second kappa shape index (κ2) is 15.8. The van der Waals surface area contributed by atoms with Crippen LogP contribution in [-0.2, 0) is 9.63 Å². The summed E-state index contributed by atoms with van der Waals surface area (Å²) < 4.78 is 0. The number of hydrogen-bond acceptors (Lipinski definition) is 7. The molecule has 0 aliphatic carbocycles. The molecule has 3 rings (SSSR count). The number of carboxylic acid groups (broad SMARTS) is 1. The Hall–Kier alpha value is -3.94. The van der Waals surface area contributed by atoms with E-state index >= 15 is 0 Å². The Balaban J connectivity index is 0.000000559. The summed E-state index contributed by atoms with van der Waals surface area (Å²) >= 11 is 0. The van der Waals surface area contributed by atoms with Crippen molar-refractivity contribution >= 4 is 23.1 Å². The molecule has 8 nitrogen and oxygen atoms in total. The van der Waals surface area contributed by atoms with Crippen LogP contribution in [0, 0.1) is 13.8 Å². The van der Waals surface area contributed by atoms with Crippen LogP contribution in [0.3, 0.4) is 0 Å². The van der Waals surface area contributed by atoms with Crippen molar-refractivity contribution in [3.63, 3.8) is 0 Å². The summed E-state index contributed by atoms with van der Waals surface area (Å²) in [4.78, 5) is 36.5. The first-order chi connectivity index (χ1) is 16.2. The first-order valence-electron chi connectivity index (χ1n) is 11.0. The molecule has 3 aromatic rings. The van der Waals surface area contributed by atoms with Gasteiger partial charge in [0.15, 0.2) is 5.75 Å². The number of carbonyl (C=O) groups is 1. The number of rotatable bonds is 6. The van der Waals surface area contributed by atoms with Gasteiger partial charge in [0.05, 0.1) is 5.71 Å². The predicted octanol–water partition coefficient (Wildman–Crippen LogP) is 4.91. The van der Waals surface area contributed by atoms with Gasteiger partial charge in [-0.2, -0.15) is 0 Å². The summed E-state index contributed by atoms with van der Waals surface area (Å²) in [7, 11) is 0. The lowest BCUT2D eigenvalue weighted by Gasteiger charge is -2.08. The van der Waals surface area contributed by atoms with Crippen LogP contribution in [0.2, 0.25) is 0 Å². The van der Waals surface area contributed by atoms with Crippen molar-refractivity contribution in [1.82, 2.24) is 0 Å². The van der Waals surface area contributed by atoms with E-state index in [1.165, 1.54) is 0 Å². The Labute approximate surface area is 200 Å². The number of anilines is 2. The number of oxime groups is 1. The molecule has 0 aliphatic heterocycles. The summed E-state index contributed by atoms with van der Waals surface area (Å²) in [5, 5.41) is 23.8. The molecule has 0 spiro atoms. The quantitative estimate of drug-likeness (QED) is 0.265. The van der Waals surface area contributed by atoms with Crippen LogP contribution in [-0.4, -0.2) is 28.5 Å². The lowest BCUT2D eigenvalue weighted by Crippen LogP contribution is -2.32. The highest BCUT2D eigenvalue weighted by molar-refractivity contribution is 5.98. The molecule has 0 saturated heterocycles. The molecule has 0 radical (unpaired) electrons. The smallest absolute Gasteiger partial charge is 0.344 e. The molecule has 0 amide bonds. The zero-order valence-corrected chi connectivity index (χ0v) is 20.8. The molecule has 3 aromatic carbocycles. The Kier molecular flexibility index (Phi) is 14.0. The van der Waals surface area contributed by atoms with Gasteiger partial charge in [-0.3, -0.25) is 9.59 Å². The zero-order chi connectivity index (χ0) is 26.3. The predicted molar refractivity (Wildman–Crippen MR) is 137 cm³/mol. The van der Waals surface area contributed by atoms with Gasteiger partial charge in [-0.1, -0.05) is 80.4 Å². The van der Waals surface area contributed by atoms with Crippen molar-refractivity contribution in [2.24, 2.45) is 5.16 Å². The maximum atomic E-state index is 11.0. The molecule has 0 bridgehead atoms. The average molecular weight is 471 g/mol. The van der Waals surface area contributed by atoms with E-state index in [2.05, 4.69) is 15.3 Å². The van der Waals surface area contributed by atoms with E-state index in [-0.39, 0.29) is 5.69 Å². The monoisotopic (exact) mass is 470 g/mol. The largest absolute Gasteiger partial charge is 0.502 e. The fourth-order valence-electron chi connectivity index (χ4n) is 2.31. The van der Waals surface area contributed by atoms with Crippen molar-refractivity contribution < 1.29 is 19.8 Å². The summed E-state index contributed by atoms with van der Waals surface area (Å²) in [6.07, 6.45) is 0. The maximum absolute atomic E-state index is 11.0. The van der Waals surface area contributed by atoms with E-state index in [9.17, 15) is 14.4 Å². The number of nitrogens with one attached hydrogen (secondary N) is 1. The summed E-state index contributed by atoms with van der Waals surface area (Å²) in [5.41, 5.74) is 2.99. The van der Waals surface area contributed by atoms with Crippen LogP contribution in [0.1, 0.15) is 51.3 Å². The van der Waals surface area contributed by atoms with E-state index < -0.39 is 29.2 Å². The molecular formula is C26H34N2O6. The lowest BCUT2D eigenvalue weighted by molar-refractivity contribution is -0.142. The van der Waals surface area contributed by atoms with Crippen molar-refractivity contribution in [3.8, 4) is 5.75 Å². The fraction of sp³-hybridized carbons (Fsp3) is 0.308. The molecule has 0 heterocycles. The third kappa shape index (κ3) is 9.68. The van der Waals surface area contributed by atoms with Crippen molar-refractivity contribution in [3.05, 3.63) is 85.7 Å². The minimum atomic E-state index is -1.03. The topological polar surface area (TPSA) is 125 Å². The normalized spacial score (nSPS) is 9.91. The van der Waals surface area contributed by atoms with E-state index in [0.29, 0.717) is 11.4 Å². The van der Waals surface area contributed by atoms with E-state index in [1.807, 2.05) is 77.9 Å². The average Bonchev–Trinajstić information content (AvgIpc) is 2.86. The second-order valence-electron chi connectivity index (χ2n) is 6.58. The van der Waals surface area contributed by atoms with Gasteiger partial charge in [0.25, 0.3) is 10.9 Å². The van der Waals surface area contributed by atoms with E-state index in [4.69, 9.17) is 10.2 Å². The molecule has 0 aliphatic rings. The van der Waals surface area contributed by atoms with E-state index in [0.717, 1.165) is 16.7 Å². The van der Waals surface area contributed by atoms with Crippen LogP contribution >= 0.6 is 0 Å². The van der Waals surface area contributed by atoms with Gasteiger partial charge < -0.3 is 20.4 Å². The van der Waals surface area contributed by atoms with E-state index in [1.54, 1.807) is 19.1 Å². The number of aromatic hydroxyl groups is 1. The van der Waals surface area contributed by atoms with Crippen molar-refractivity contribution in [1.29, 1.82) is 0 Å². The Morgan fingerprint density at radius 2 is 1.35 bits per heavy atom. The minimum absolute atomic E-state index is 0.0242. The van der Waals surface area contributed by atoms with Gasteiger partial charge in [0.1, 0.15) is 5.69 Å². The SMILES string of the molecule is C/C(=N\OCC(=O)O)c1ccc(C)cc1.CC.CC.Cc1ccc(Nc2c(O)c(=O)c2=O)cc1. The fourth-order valence-corrected chi connectivity index (χ4v) is 2.31. The van der Waals surface area contributed by atoms with Crippen molar-refractivity contribution in [2.45, 2.75) is 48.5 Å². The van der Waals surface area contributed by atoms with Crippen LogP contribution in [0.5, 0.6) is 5.75 Å². The number of hydrogen-bond donors (Lipinski definition) is 3. The van der Waals surface area contributed by atoms with Crippen LogP contribution in [0.15, 0.2) is 63.3 Å². The molecule has 184 valence electrons. The van der Waals surface area contributed by atoms with Gasteiger partial charge in [0, 0.05) is 5.69 Å². The Morgan fingerprint density at radius 1 is 0.882 bits per heavy atom. The highest BCUT2D eigenvalue weighted by Crippen LogP contribution is 2.21. The number of nitrogens with zero attached hydrogens (tertiary/aromatic N) is 1. The third-order valence-corrected chi connectivity index (χ3v) is 4.06. The highest BCUT2D eigenvalue weighted by Gasteiger charge is 2.19. The standard InChI is InChI=1S/C11H9NO3.C11H13NO3.2C2H6/c1-6-2-4-7(5-3-6)12-8-9(13)11(15)10(8)14;1-8-3-5-10(6-4-8)9(2)12-15-7-11(13)14;2*1-2/h2-5,12-13H,1H3;3-6H,7H2,1-2H3,(H,13,14);2*1-2H3/b;12-9+;;. The van der Waals surface area contributed by atoms with Gasteiger partial charge in [-0.25, -0.2) is 4.79 Å². The van der Waals surface area contributed by atoms with Gasteiger partial charge >= 0.3 is 5.97 Å². The summed E-state index contributed by atoms with van der Waals surface area (Å²) in [6.45, 7) is 13.3. The first-order valence-corrected chi connectivity index (χ1v) is 11.0. The lowest BCUT2D eigenvalue weighted by atomic mass is 10.1. The number of benzene rings is 2. The second-order valence-corrected chi connectivity index (χ2v) is 6.58. The number of aliphatic carboxylic acids is 1. The van der Waals surface area contributed by atoms with Crippen LogP contribution in [0.4, 0.5) is 11.4 Å². The van der Waals surface area contributed by atoms with Gasteiger partial charge in [-0.15, -0.1) is 0 Å². The van der Waals surface area contributed by atoms with Gasteiger partial charge in [-0.05, 0) is 38.5 Å². The third-order valence-electron chi connectivity index (χ3n) is 4.06. The Bertz CT molecular complexity index is 1110. The Morgan fingerprint density at radius 3 is 1.79 bits per heavy atom. The molecule has 0 fully saturated rings. The molecule has 34 heavy (non-hydrogen) atoms. The summed E-state index contributed by atoms with van der Waals surface area (Å²) in [5.74, 6) is -1.52. The first kappa shape index (κ1) is 30.1. The molecule has 8 heteroatoms. The molecular weight excluding hydrogens is 436 g/mol. The van der Waals surface area contributed by atoms with Crippen LogP contribution < -0.4 is 16.2 Å². The number of aryl methyl sites for hydroxylation is 2. The number of carboxylic acids is 1. The molecule has 0 atom stereocenters. The van der Waals surface area contributed by atoms with Crippen LogP contribution in [0.25, 0.3) is 0 Å². The molecule has 0 saturated carbocycles. The maximum Gasteiger partial charge on any atom is 0.344 e. The molecule has 0 unspecified atom stereocenters. The van der Waals surface area contributed by atoms with Gasteiger partial charge in [0.2, 0.25) is 6.61 Å². The highest BCUT2D eigenvalue weighted by atomic mass is 16.6.